The summed E-state index contributed by atoms with van der Waals surface area (Å²) in [6.07, 6.45) is -5.80. The number of rotatable bonds is 5. The third-order valence-electron chi connectivity index (χ3n) is 5.76. The molecule has 0 saturated carbocycles. The van der Waals surface area contributed by atoms with E-state index < -0.39 is 70.3 Å². The summed E-state index contributed by atoms with van der Waals surface area (Å²) in [5.74, 6) is -16.4. The van der Waals surface area contributed by atoms with E-state index in [0.717, 1.165) is 12.1 Å². The number of halogens is 7. The Morgan fingerprint density at radius 3 is 1.61 bits per heavy atom. The lowest BCUT2D eigenvalue weighted by molar-refractivity contribution is -0.143. The standard InChI is InChI=1S/C24H13F7N2O3/c25-16-14(17(26)19(28)15(18(16)27)24(29,30)31)13(10-6-2-1-3-7-10)20(21(32)34)33-22(35)11-8-4-5-9-12(11)23(33)36/h1-9,13,20H,(H2,32,34)/t13?,20-/m0/s1. The molecule has 3 aromatic carbocycles. The minimum absolute atomic E-state index is 0.189. The second kappa shape index (κ2) is 8.77. The minimum Gasteiger partial charge on any atom is -0.368 e. The zero-order chi connectivity index (χ0) is 26.5. The largest absolute Gasteiger partial charge is 0.422 e. The fourth-order valence-corrected chi connectivity index (χ4v) is 4.24. The summed E-state index contributed by atoms with van der Waals surface area (Å²) in [6, 6.07) is 9.21. The molecule has 1 aliphatic rings. The Hall–Kier alpha value is -4.22. The maximum absolute atomic E-state index is 15.1. The number of imide groups is 1. The van der Waals surface area contributed by atoms with Crippen LogP contribution in [0.5, 0.6) is 0 Å². The van der Waals surface area contributed by atoms with Gasteiger partial charge in [-0.25, -0.2) is 17.6 Å². The van der Waals surface area contributed by atoms with Crippen molar-refractivity contribution in [2.45, 2.75) is 18.1 Å². The topological polar surface area (TPSA) is 80.5 Å². The van der Waals surface area contributed by atoms with Crippen LogP contribution in [0.15, 0.2) is 54.6 Å². The molecule has 3 aromatic rings. The Morgan fingerprint density at radius 1 is 0.750 bits per heavy atom. The number of hydrogen-bond acceptors (Lipinski definition) is 3. The third kappa shape index (κ3) is 3.78. The van der Waals surface area contributed by atoms with Gasteiger partial charge in [-0.2, -0.15) is 13.2 Å². The molecule has 1 unspecified atom stereocenters. The summed E-state index contributed by atoms with van der Waals surface area (Å²) in [5, 5.41) is 0. The molecule has 0 fully saturated rings. The SMILES string of the molecule is NC(=O)[C@H](C(c1ccccc1)c1c(F)c(F)c(C(F)(F)F)c(F)c1F)N1C(=O)c2ccccc2C1=O. The van der Waals surface area contributed by atoms with Crippen LogP contribution in [0.3, 0.4) is 0 Å². The van der Waals surface area contributed by atoms with Crippen LogP contribution < -0.4 is 5.73 Å². The van der Waals surface area contributed by atoms with Gasteiger partial charge in [0.2, 0.25) is 5.91 Å². The van der Waals surface area contributed by atoms with Gasteiger partial charge in [-0.15, -0.1) is 0 Å². The fourth-order valence-electron chi connectivity index (χ4n) is 4.24. The van der Waals surface area contributed by atoms with Crippen LogP contribution in [-0.4, -0.2) is 28.7 Å². The van der Waals surface area contributed by atoms with Crippen LogP contribution in [0, 0.1) is 23.3 Å². The first-order valence-electron chi connectivity index (χ1n) is 10.1. The van der Waals surface area contributed by atoms with Crippen molar-refractivity contribution in [3.05, 3.63) is 106 Å². The molecule has 12 heteroatoms. The molecule has 0 radical (unpaired) electrons. The monoisotopic (exact) mass is 510 g/mol. The lowest BCUT2D eigenvalue weighted by atomic mass is 9.82. The molecule has 2 atom stereocenters. The molecule has 0 saturated heterocycles. The molecular formula is C24H13F7N2O3. The number of carbonyl (C=O) groups is 3. The highest BCUT2D eigenvalue weighted by Gasteiger charge is 2.50. The van der Waals surface area contributed by atoms with Gasteiger partial charge in [0.05, 0.1) is 11.1 Å². The first kappa shape index (κ1) is 24.9. The zero-order valence-corrected chi connectivity index (χ0v) is 17.7. The van der Waals surface area contributed by atoms with Crippen molar-refractivity contribution < 1.29 is 45.1 Å². The van der Waals surface area contributed by atoms with Gasteiger partial charge >= 0.3 is 6.18 Å². The Morgan fingerprint density at radius 2 is 1.19 bits per heavy atom. The van der Waals surface area contributed by atoms with Gasteiger partial charge < -0.3 is 5.73 Å². The molecule has 5 nitrogen and oxygen atoms in total. The molecule has 0 aliphatic carbocycles. The van der Waals surface area contributed by atoms with E-state index in [9.17, 15) is 36.3 Å². The predicted octanol–water partition coefficient (Wildman–Crippen LogP) is 4.54. The van der Waals surface area contributed by atoms with Crippen LogP contribution in [-0.2, 0) is 11.0 Å². The highest BCUT2D eigenvalue weighted by Crippen LogP contribution is 2.42. The van der Waals surface area contributed by atoms with Crippen molar-refractivity contribution in [2.24, 2.45) is 5.73 Å². The normalized spacial score (nSPS) is 15.1. The summed E-state index contributed by atoms with van der Waals surface area (Å²) < 4.78 is 98.6. The lowest BCUT2D eigenvalue weighted by Gasteiger charge is -2.32. The number of fused-ring (bicyclic) bond motifs is 1. The lowest BCUT2D eigenvalue weighted by Crippen LogP contribution is -2.51. The first-order valence-corrected chi connectivity index (χ1v) is 10.1. The summed E-state index contributed by atoms with van der Waals surface area (Å²) in [5.41, 5.74) is 0.319. The number of carbonyl (C=O) groups excluding carboxylic acids is 3. The number of nitrogens with zero attached hydrogens (tertiary/aromatic N) is 1. The predicted molar refractivity (Wildman–Crippen MR) is 109 cm³/mol. The van der Waals surface area contributed by atoms with Crippen LogP contribution in [0.1, 0.15) is 43.3 Å². The summed E-state index contributed by atoms with van der Waals surface area (Å²) in [4.78, 5) is 38.9. The number of benzene rings is 3. The van der Waals surface area contributed by atoms with Crippen molar-refractivity contribution in [1.29, 1.82) is 0 Å². The number of primary amides is 1. The van der Waals surface area contributed by atoms with Crippen molar-refractivity contribution >= 4 is 17.7 Å². The van der Waals surface area contributed by atoms with Gasteiger partial charge in [-0.05, 0) is 17.7 Å². The van der Waals surface area contributed by atoms with E-state index in [1.165, 1.54) is 42.5 Å². The summed E-state index contributed by atoms with van der Waals surface area (Å²) in [6.45, 7) is 0. The molecule has 0 spiro atoms. The zero-order valence-electron chi connectivity index (χ0n) is 17.7. The molecule has 4 rings (SSSR count). The highest BCUT2D eigenvalue weighted by atomic mass is 19.4. The van der Waals surface area contributed by atoms with E-state index in [4.69, 9.17) is 5.73 Å². The van der Waals surface area contributed by atoms with Gasteiger partial charge in [0.1, 0.15) is 11.6 Å². The molecule has 1 heterocycles. The fraction of sp³-hybridized carbons (Fsp3) is 0.125. The smallest absolute Gasteiger partial charge is 0.368 e. The number of amides is 3. The number of alkyl halides is 3. The maximum atomic E-state index is 15.1. The Labute approximate surface area is 197 Å². The van der Waals surface area contributed by atoms with E-state index >= 15 is 8.78 Å². The van der Waals surface area contributed by atoms with Crippen molar-refractivity contribution in [1.82, 2.24) is 4.90 Å². The van der Waals surface area contributed by atoms with Crippen LogP contribution in [0.4, 0.5) is 30.7 Å². The maximum Gasteiger partial charge on any atom is 0.422 e. The Kier molecular flexibility index (Phi) is 6.07. The summed E-state index contributed by atoms with van der Waals surface area (Å²) in [7, 11) is 0. The summed E-state index contributed by atoms with van der Waals surface area (Å²) >= 11 is 0. The second-order valence-corrected chi connectivity index (χ2v) is 7.80. The molecule has 1 aliphatic heterocycles. The quantitative estimate of drug-likeness (QED) is 0.311. The van der Waals surface area contributed by atoms with E-state index in [0.29, 0.717) is 0 Å². The Bertz CT molecular complexity index is 1340. The first-order chi connectivity index (χ1) is 16.9. The van der Waals surface area contributed by atoms with Crippen molar-refractivity contribution in [3.8, 4) is 0 Å². The van der Waals surface area contributed by atoms with Crippen molar-refractivity contribution in [2.75, 3.05) is 0 Å². The molecule has 0 aromatic heterocycles. The molecule has 2 N–H and O–H groups in total. The van der Waals surface area contributed by atoms with Gasteiger partial charge in [0.25, 0.3) is 11.8 Å². The van der Waals surface area contributed by atoms with Crippen molar-refractivity contribution in [3.63, 3.8) is 0 Å². The second-order valence-electron chi connectivity index (χ2n) is 7.80. The van der Waals surface area contributed by atoms with Gasteiger partial charge in [-0.3, -0.25) is 19.3 Å². The van der Waals surface area contributed by atoms with E-state index in [1.807, 2.05) is 0 Å². The van der Waals surface area contributed by atoms with Gasteiger partial charge in [0, 0.05) is 11.5 Å². The average Bonchev–Trinajstić information content (AvgIpc) is 3.07. The van der Waals surface area contributed by atoms with E-state index in [1.54, 1.807) is 0 Å². The highest BCUT2D eigenvalue weighted by molar-refractivity contribution is 6.23. The number of hydrogen-bond donors (Lipinski definition) is 1. The number of nitrogens with two attached hydrogens (primary N) is 1. The molecule has 3 amide bonds. The Balaban J connectivity index is 2.02. The molecule has 186 valence electrons. The van der Waals surface area contributed by atoms with Gasteiger partial charge in [-0.1, -0.05) is 42.5 Å². The van der Waals surface area contributed by atoms with E-state index in [-0.39, 0.29) is 21.6 Å². The van der Waals surface area contributed by atoms with Crippen LogP contribution >= 0.6 is 0 Å². The van der Waals surface area contributed by atoms with E-state index in [2.05, 4.69) is 0 Å². The molecular weight excluding hydrogens is 497 g/mol. The minimum atomic E-state index is -5.80. The van der Waals surface area contributed by atoms with Crippen LogP contribution in [0.2, 0.25) is 0 Å². The average molecular weight is 510 g/mol. The molecule has 0 bridgehead atoms. The molecule has 36 heavy (non-hydrogen) atoms. The third-order valence-corrected chi connectivity index (χ3v) is 5.76. The van der Waals surface area contributed by atoms with Gasteiger partial charge in [0.15, 0.2) is 23.3 Å². The van der Waals surface area contributed by atoms with Crippen LogP contribution in [0.25, 0.3) is 0 Å².